The molecule has 1 amide bonds. The summed E-state index contributed by atoms with van der Waals surface area (Å²) in [4.78, 5) is 35.7. The van der Waals surface area contributed by atoms with Gasteiger partial charge in [-0.2, -0.15) is 0 Å². The maximum atomic E-state index is 12.3. The van der Waals surface area contributed by atoms with Crippen molar-refractivity contribution in [1.29, 1.82) is 0 Å². The molecule has 7 nitrogen and oxygen atoms in total. The summed E-state index contributed by atoms with van der Waals surface area (Å²) in [5, 5.41) is 11.7. The Kier molecular flexibility index (Phi) is 6.95. The molecule has 0 aliphatic carbocycles. The maximum absolute atomic E-state index is 12.3. The summed E-state index contributed by atoms with van der Waals surface area (Å²) in [6.07, 6.45) is 0.555. The number of hydrogen-bond donors (Lipinski definition) is 2. The zero-order valence-electron chi connectivity index (χ0n) is 17.9. The molecule has 1 heterocycles. The van der Waals surface area contributed by atoms with E-state index in [1.165, 1.54) is 0 Å². The van der Waals surface area contributed by atoms with E-state index >= 15 is 0 Å². The first-order valence-electron chi connectivity index (χ1n) is 10.3. The molecule has 2 atom stereocenters. The molecule has 164 valence electrons. The molecule has 1 aliphatic heterocycles. The van der Waals surface area contributed by atoms with Gasteiger partial charge >= 0.3 is 11.9 Å². The molecular formula is C24H27NO6. The van der Waals surface area contributed by atoms with Gasteiger partial charge in [0, 0.05) is 6.42 Å². The first-order valence-corrected chi connectivity index (χ1v) is 10.3. The highest BCUT2D eigenvalue weighted by molar-refractivity contribution is 5.92. The number of ether oxygens (including phenoxy) is 2. The van der Waals surface area contributed by atoms with Gasteiger partial charge in [0.2, 0.25) is 0 Å². The number of benzene rings is 2. The number of esters is 1. The van der Waals surface area contributed by atoms with Gasteiger partial charge < -0.3 is 19.9 Å². The van der Waals surface area contributed by atoms with E-state index in [4.69, 9.17) is 9.47 Å². The van der Waals surface area contributed by atoms with E-state index in [1.807, 2.05) is 51.1 Å². The van der Waals surface area contributed by atoms with Crippen molar-refractivity contribution in [2.45, 2.75) is 45.8 Å². The third-order valence-corrected chi connectivity index (χ3v) is 5.16. The molecular weight excluding hydrogens is 398 g/mol. The number of carbonyl (C=O) groups is 3. The van der Waals surface area contributed by atoms with Crippen LogP contribution in [0.3, 0.4) is 0 Å². The molecule has 31 heavy (non-hydrogen) atoms. The Labute approximate surface area is 181 Å². The second-order valence-corrected chi connectivity index (χ2v) is 8.16. The van der Waals surface area contributed by atoms with Gasteiger partial charge in [-0.05, 0) is 54.2 Å². The fraction of sp³-hybridized carbons (Fsp3) is 0.375. The number of carboxylic acid groups (broad SMARTS) is 1. The molecule has 7 heteroatoms. The van der Waals surface area contributed by atoms with Crippen LogP contribution in [-0.4, -0.2) is 35.6 Å². The van der Waals surface area contributed by atoms with E-state index < -0.39 is 17.9 Å². The van der Waals surface area contributed by atoms with Gasteiger partial charge in [0.05, 0.1) is 5.56 Å². The number of nitrogens with one attached hydrogen (secondary N) is 1. The van der Waals surface area contributed by atoms with Crippen molar-refractivity contribution in [2.75, 3.05) is 6.61 Å². The lowest BCUT2D eigenvalue weighted by Crippen LogP contribution is -2.43. The van der Waals surface area contributed by atoms with Gasteiger partial charge in [-0.15, -0.1) is 0 Å². The van der Waals surface area contributed by atoms with E-state index in [-0.39, 0.29) is 24.6 Å². The second kappa shape index (κ2) is 9.64. The Balaban J connectivity index is 1.62. The molecule has 0 radical (unpaired) electrons. The van der Waals surface area contributed by atoms with Crippen molar-refractivity contribution < 1.29 is 29.0 Å². The largest absolute Gasteiger partial charge is 0.484 e. The molecule has 0 aromatic heterocycles. The SMILES string of the molecule is Cc1cc(C2Cc3ccccc3C(=O)O2)ccc1OCC(=O)NC(CC(C)C)C(=O)O. The van der Waals surface area contributed by atoms with Crippen molar-refractivity contribution in [3.05, 3.63) is 64.7 Å². The van der Waals surface area contributed by atoms with Crippen LogP contribution in [0.1, 0.15) is 53.4 Å². The number of aliphatic carboxylic acids is 1. The zero-order valence-corrected chi connectivity index (χ0v) is 17.9. The van der Waals surface area contributed by atoms with Crippen LogP contribution in [0.15, 0.2) is 42.5 Å². The molecule has 2 unspecified atom stereocenters. The summed E-state index contributed by atoms with van der Waals surface area (Å²) in [7, 11) is 0. The minimum Gasteiger partial charge on any atom is -0.484 e. The number of cyclic esters (lactones) is 1. The Morgan fingerprint density at radius 3 is 2.65 bits per heavy atom. The lowest BCUT2D eigenvalue weighted by atomic mass is 9.94. The molecule has 0 saturated heterocycles. The van der Waals surface area contributed by atoms with E-state index in [0.717, 1.165) is 16.7 Å². The molecule has 0 bridgehead atoms. The maximum Gasteiger partial charge on any atom is 0.339 e. The minimum absolute atomic E-state index is 0.137. The predicted molar refractivity (Wildman–Crippen MR) is 114 cm³/mol. The third-order valence-electron chi connectivity index (χ3n) is 5.16. The normalized spacial score (nSPS) is 16.3. The van der Waals surface area contributed by atoms with E-state index in [2.05, 4.69) is 5.32 Å². The van der Waals surface area contributed by atoms with Crippen molar-refractivity contribution in [1.82, 2.24) is 5.32 Å². The second-order valence-electron chi connectivity index (χ2n) is 8.16. The van der Waals surface area contributed by atoms with Crippen molar-refractivity contribution in [3.63, 3.8) is 0 Å². The van der Waals surface area contributed by atoms with Gasteiger partial charge in [-0.1, -0.05) is 38.1 Å². The molecule has 0 fully saturated rings. The van der Waals surface area contributed by atoms with E-state index in [1.54, 1.807) is 12.1 Å². The highest BCUT2D eigenvalue weighted by atomic mass is 16.5. The highest BCUT2D eigenvalue weighted by Gasteiger charge is 2.27. The van der Waals surface area contributed by atoms with Crippen LogP contribution in [0.2, 0.25) is 0 Å². The van der Waals surface area contributed by atoms with Gasteiger partial charge in [0.15, 0.2) is 6.61 Å². The number of rotatable bonds is 8. The van der Waals surface area contributed by atoms with Crippen molar-refractivity contribution >= 4 is 17.8 Å². The van der Waals surface area contributed by atoms with E-state index in [9.17, 15) is 19.5 Å². The fourth-order valence-corrected chi connectivity index (χ4v) is 3.62. The topological polar surface area (TPSA) is 102 Å². The van der Waals surface area contributed by atoms with Crippen LogP contribution in [0.25, 0.3) is 0 Å². The third kappa shape index (κ3) is 5.63. The highest BCUT2D eigenvalue weighted by Crippen LogP contribution is 2.32. The number of hydrogen-bond acceptors (Lipinski definition) is 5. The predicted octanol–water partition coefficient (Wildman–Crippen LogP) is 3.44. The van der Waals surface area contributed by atoms with Crippen LogP contribution in [-0.2, 0) is 20.7 Å². The summed E-state index contributed by atoms with van der Waals surface area (Å²) in [5.41, 5.74) is 3.18. The summed E-state index contributed by atoms with van der Waals surface area (Å²) in [6, 6.07) is 11.9. The Morgan fingerprint density at radius 1 is 1.23 bits per heavy atom. The Bertz CT molecular complexity index is 984. The summed E-state index contributed by atoms with van der Waals surface area (Å²) < 4.78 is 11.2. The minimum atomic E-state index is -1.06. The van der Waals surface area contributed by atoms with Crippen molar-refractivity contribution in [3.8, 4) is 5.75 Å². The summed E-state index contributed by atoms with van der Waals surface area (Å²) in [6.45, 7) is 5.35. The lowest BCUT2D eigenvalue weighted by molar-refractivity contribution is -0.142. The van der Waals surface area contributed by atoms with Crippen LogP contribution in [0, 0.1) is 12.8 Å². The van der Waals surface area contributed by atoms with Gasteiger partial charge in [0.1, 0.15) is 17.9 Å². The molecule has 1 aliphatic rings. The zero-order chi connectivity index (χ0) is 22.5. The summed E-state index contributed by atoms with van der Waals surface area (Å²) >= 11 is 0. The fourth-order valence-electron chi connectivity index (χ4n) is 3.62. The average molecular weight is 425 g/mol. The smallest absolute Gasteiger partial charge is 0.339 e. The van der Waals surface area contributed by atoms with E-state index in [0.29, 0.717) is 24.2 Å². The van der Waals surface area contributed by atoms with Crippen molar-refractivity contribution in [2.24, 2.45) is 5.92 Å². The number of carbonyl (C=O) groups excluding carboxylic acids is 2. The number of aryl methyl sites for hydroxylation is 1. The quantitative estimate of drug-likeness (QED) is 0.628. The standard InChI is InChI=1S/C24H27NO6/c1-14(2)10-19(23(27)28)25-22(26)13-30-20-9-8-17(11-15(20)3)21-12-16-6-4-5-7-18(16)24(29)31-21/h4-9,11,14,19,21H,10,12-13H2,1-3H3,(H,25,26)(H,27,28). The van der Waals surface area contributed by atoms with Gasteiger partial charge in [-0.3, -0.25) is 4.79 Å². The molecule has 2 N–H and O–H groups in total. The Morgan fingerprint density at radius 2 is 1.97 bits per heavy atom. The van der Waals surface area contributed by atoms with Crippen LogP contribution < -0.4 is 10.1 Å². The first kappa shape index (κ1) is 22.3. The molecule has 0 spiro atoms. The first-order chi connectivity index (χ1) is 14.7. The number of fused-ring (bicyclic) bond motifs is 1. The van der Waals surface area contributed by atoms with Gasteiger partial charge in [0.25, 0.3) is 5.91 Å². The lowest BCUT2D eigenvalue weighted by Gasteiger charge is -2.25. The number of amides is 1. The molecule has 3 rings (SSSR count). The average Bonchev–Trinajstić information content (AvgIpc) is 2.72. The molecule has 2 aromatic carbocycles. The molecule has 2 aromatic rings. The Hall–Kier alpha value is -3.35. The van der Waals surface area contributed by atoms with Crippen LogP contribution in [0.5, 0.6) is 5.75 Å². The molecule has 0 saturated carbocycles. The number of carboxylic acids is 1. The summed E-state index contributed by atoms with van der Waals surface area (Å²) in [5.74, 6) is -1.24. The van der Waals surface area contributed by atoms with Crippen LogP contribution in [0.4, 0.5) is 0 Å². The van der Waals surface area contributed by atoms with Gasteiger partial charge in [-0.25, -0.2) is 9.59 Å². The van der Waals surface area contributed by atoms with Crippen LogP contribution >= 0.6 is 0 Å². The monoisotopic (exact) mass is 425 g/mol.